The quantitative estimate of drug-likeness (QED) is 0.909. The molecule has 3 rings (SSSR count). The largest absolute Gasteiger partial charge is 0.348 e. The van der Waals surface area contributed by atoms with Gasteiger partial charge in [0.15, 0.2) is 0 Å². The van der Waals surface area contributed by atoms with E-state index >= 15 is 0 Å². The Hall–Kier alpha value is -2.13. The highest BCUT2D eigenvalue weighted by molar-refractivity contribution is 5.81. The van der Waals surface area contributed by atoms with Gasteiger partial charge in [0.2, 0.25) is 5.91 Å². The average molecular weight is 322 g/mol. The van der Waals surface area contributed by atoms with Crippen LogP contribution in [0.15, 0.2) is 60.7 Å². The minimum atomic E-state index is -0.0927. The topological polar surface area (TPSA) is 32.3 Å². The molecule has 0 unspecified atom stereocenters. The van der Waals surface area contributed by atoms with Crippen molar-refractivity contribution in [2.24, 2.45) is 0 Å². The maximum atomic E-state index is 12.6. The zero-order valence-corrected chi connectivity index (χ0v) is 14.5. The third-order valence-electron chi connectivity index (χ3n) is 5.08. The summed E-state index contributed by atoms with van der Waals surface area (Å²) >= 11 is 0. The van der Waals surface area contributed by atoms with Crippen molar-refractivity contribution in [3.05, 3.63) is 71.8 Å². The van der Waals surface area contributed by atoms with E-state index < -0.39 is 0 Å². The molecule has 3 heteroatoms. The molecular formula is C21H26N2O. The van der Waals surface area contributed by atoms with Crippen LogP contribution in [0.5, 0.6) is 0 Å². The van der Waals surface area contributed by atoms with Gasteiger partial charge in [-0.05, 0) is 43.9 Å². The number of nitrogens with zero attached hydrogens (tertiary/aromatic N) is 1. The molecule has 1 heterocycles. The highest BCUT2D eigenvalue weighted by Crippen LogP contribution is 2.28. The molecule has 2 aromatic carbocycles. The fourth-order valence-corrected chi connectivity index (χ4v) is 3.46. The summed E-state index contributed by atoms with van der Waals surface area (Å²) in [6.45, 7) is 5.99. The molecule has 3 atom stereocenters. The molecule has 1 saturated heterocycles. The summed E-state index contributed by atoms with van der Waals surface area (Å²) in [6.07, 6.45) is 1.12. The summed E-state index contributed by atoms with van der Waals surface area (Å²) in [5.74, 6) is 0.646. The molecule has 0 aromatic heterocycles. The highest BCUT2D eigenvalue weighted by atomic mass is 16.2. The van der Waals surface area contributed by atoms with Gasteiger partial charge in [0.25, 0.3) is 0 Å². The Morgan fingerprint density at radius 2 is 1.67 bits per heavy atom. The summed E-state index contributed by atoms with van der Waals surface area (Å²) < 4.78 is 0. The average Bonchev–Trinajstić information content (AvgIpc) is 3.12. The molecule has 0 aliphatic carbocycles. The monoisotopic (exact) mass is 322 g/mol. The van der Waals surface area contributed by atoms with E-state index in [2.05, 4.69) is 52.7 Å². The lowest BCUT2D eigenvalue weighted by Crippen LogP contribution is -2.44. The Morgan fingerprint density at radius 1 is 1.04 bits per heavy atom. The van der Waals surface area contributed by atoms with Crippen LogP contribution in [0.25, 0.3) is 0 Å². The molecule has 0 saturated carbocycles. The molecule has 3 nitrogen and oxygen atoms in total. The van der Waals surface area contributed by atoms with Gasteiger partial charge in [0.1, 0.15) is 0 Å². The van der Waals surface area contributed by atoms with Crippen molar-refractivity contribution < 1.29 is 4.79 Å². The van der Waals surface area contributed by atoms with Crippen LogP contribution in [0.2, 0.25) is 0 Å². The summed E-state index contributed by atoms with van der Waals surface area (Å²) in [7, 11) is 0. The maximum absolute atomic E-state index is 12.6. The van der Waals surface area contributed by atoms with Crippen LogP contribution < -0.4 is 5.32 Å². The summed E-state index contributed by atoms with van der Waals surface area (Å²) in [6, 6.07) is 20.7. The number of hydrogen-bond acceptors (Lipinski definition) is 2. The molecule has 24 heavy (non-hydrogen) atoms. The Balaban J connectivity index is 1.56. The minimum Gasteiger partial charge on any atom is -0.348 e. The van der Waals surface area contributed by atoms with Crippen molar-refractivity contribution in [2.45, 2.75) is 38.3 Å². The van der Waals surface area contributed by atoms with Gasteiger partial charge in [0, 0.05) is 6.54 Å². The van der Waals surface area contributed by atoms with Crippen molar-refractivity contribution in [3.63, 3.8) is 0 Å². The fourth-order valence-electron chi connectivity index (χ4n) is 3.46. The molecule has 1 amide bonds. The van der Waals surface area contributed by atoms with Crippen LogP contribution in [0.3, 0.4) is 0 Å². The zero-order chi connectivity index (χ0) is 16.9. The molecule has 0 bridgehead atoms. The lowest BCUT2D eigenvalue weighted by molar-refractivity contribution is -0.126. The number of carbonyl (C=O) groups is 1. The second-order valence-electron chi connectivity index (χ2n) is 6.71. The normalized spacial score (nSPS) is 20.5. The van der Waals surface area contributed by atoms with Crippen molar-refractivity contribution in [1.82, 2.24) is 10.2 Å². The van der Waals surface area contributed by atoms with Gasteiger partial charge in [-0.2, -0.15) is 0 Å². The van der Waals surface area contributed by atoms with Gasteiger partial charge in [-0.3, -0.25) is 9.69 Å². The smallest absolute Gasteiger partial charge is 0.237 e. The summed E-state index contributed by atoms with van der Waals surface area (Å²) in [4.78, 5) is 14.9. The molecule has 0 spiro atoms. The number of likely N-dealkylation sites (tertiary alicyclic amines) is 1. The number of carbonyl (C=O) groups excluding carboxylic acids is 1. The number of benzene rings is 2. The summed E-state index contributed by atoms with van der Waals surface area (Å²) in [5, 5.41) is 3.15. The Bertz CT molecular complexity index is 656. The van der Waals surface area contributed by atoms with E-state index in [1.165, 1.54) is 5.56 Å². The summed E-state index contributed by atoms with van der Waals surface area (Å²) in [5.41, 5.74) is 2.52. The van der Waals surface area contributed by atoms with Gasteiger partial charge < -0.3 is 5.32 Å². The number of nitrogens with one attached hydrogen (secondary N) is 1. The van der Waals surface area contributed by atoms with E-state index in [-0.39, 0.29) is 18.0 Å². The Labute approximate surface area is 144 Å². The minimum absolute atomic E-state index is 0.0358. The van der Waals surface area contributed by atoms with E-state index in [9.17, 15) is 4.79 Å². The van der Waals surface area contributed by atoms with Gasteiger partial charge in [-0.25, -0.2) is 0 Å². The van der Waals surface area contributed by atoms with E-state index in [1.54, 1.807) is 0 Å². The van der Waals surface area contributed by atoms with E-state index in [0.717, 1.165) is 25.1 Å². The van der Waals surface area contributed by atoms with Gasteiger partial charge in [-0.1, -0.05) is 60.7 Å². The standard InChI is InChI=1S/C21H26N2O/c1-16(18-9-5-3-6-10-18)22-21(24)17(2)23-14-13-20(15-23)19-11-7-4-8-12-19/h3-12,16-17,20H,13-15H2,1-2H3,(H,22,24)/t16-,17-,20-/m0/s1. The molecule has 0 radical (unpaired) electrons. The van der Waals surface area contributed by atoms with Crippen molar-refractivity contribution in [2.75, 3.05) is 13.1 Å². The van der Waals surface area contributed by atoms with E-state index in [1.807, 2.05) is 32.0 Å². The first-order valence-electron chi connectivity index (χ1n) is 8.79. The third-order valence-corrected chi connectivity index (χ3v) is 5.08. The van der Waals surface area contributed by atoms with Crippen LogP contribution in [0.1, 0.15) is 43.4 Å². The lowest BCUT2D eigenvalue weighted by atomic mass is 9.99. The van der Waals surface area contributed by atoms with Crippen molar-refractivity contribution in [3.8, 4) is 0 Å². The number of amides is 1. The predicted octanol–water partition coefficient (Wildman–Crippen LogP) is 3.74. The molecule has 1 aliphatic heterocycles. The molecular weight excluding hydrogens is 296 g/mol. The van der Waals surface area contributed by atoms with Crippen LogP contribution in [-0.4, -0.2) is 29.9 Å². The van der Waals surface area contributed by atoms with Crippen LogP contribution in [0.4, 0.5) is 0 Å². The molecule has 126 valence electrons. The van der Waals surface area contributed by atoms with Crippen LogP contribution in [-0.2, 0) is 4.79 Å². The van der Waals surface area contributed by atoms with E-state index in [0.29, 0.717) is 5.92 Å². The predicted molar refractivity (Wildman–Crippen MR) is 97.8 cm³/mol. The molecule has 2 aromatic rings. The fraction of sp³-hybridized carbons (Fsp3) is 0.381. The van der Waals surface area contributed by atoms with Crippen molar-refractivity contribution in [1.29, 1.82) is 0 Å². The van der Waals surface area contributed by atoms with Crippen molar-refractivity contribution >= 4 is 5.91 Å². The number of hydrogen-bond donors (Lipinski definition) is 1. The third kappa shape index (κ3) is 3.85. The SMILES string of the molecule is C[C@H](NC(=O)[C@H](C)N1CC[C@H](c2ccccc2)C1)c1ccccc1. The zero-order valence-electron chi connectivity index (χ0n) is 14.5. The maximum Gasteiger partial charge on any atom is 0.237 e. The molecule has 1 N–H and O–H groups in total. The highest BCUT2D eigenvalue weighted by Gasteiger charge is 2.30. The Morgan fingerprint density at radius 3 is 2.33 bits per heavy atom. The van der Waals surface area contributed by atoms with Crippen LogP contribution >= 0.6 is 0 Å². The first-order chi connectivity index (χ1) is 11.6. The van der Waals surface area contributed by atoms with Gasteiger partial charge in [-0.15, -0.1) is 0 Å². The molecule has 1 aliphatic rings. The first-order valence-corrected chi connectivity index (χ1v) is 8.79. The van der Waals surface area contributed by atoms with E-state index in [4.69, 9.17) is 0 Å². The molecule has 1 fully saturated rings. The van der Waals surface area contributed by atoms with Crippen LogP contribution in [0, 0.1) is 0 Å². The first kappa shape index (κ1) is 16.7. The number of rotatable bonds is 5. The lowest BCUT2D eigenvalue weighted by Gasteiger charge is -2.25. The second kappa shape index (κ2) is 7.63. The Kier molecular flexibility index (Phi) is 5.31. The second-order valence-corrected chi connectivity index (χ2v) is 6.71. The van der Waals surface area contributed by atoms with Gasteiger partial charge in [0.05, 0.1) is 12.1 Å². The van der Waals surface area contributed by atoms with Gasteiger partial charge >= 0.3 is 0 Å².